The van der Waals surface area contributed by atoms with Gasteiger partial charge >= 0.3 is 0 Å². The highest BCUT2D eigenvalue weighted by atomic mass is 127. The molecule has 0 aromatic heterocycles. The molecule has 0 saturated carbocycles. The van der Waals surface area contributed by atoms with Crippen LogP contribution in [0, 0.1) is 0 Å². The summed E-state index contributed by atoms with van der Waals surface area (Å²) < 4.78 is 15.9. The normalized spacial score (nSPS) is 10.6. The standard InChI is InChI=1S/C23H32N4O4.HI/c1-27(2)22(28)16-26-23(24-13-12-17-6-9-19(29-3)10-7-17)25-15-18-8-11-20(30-4)14-21(18)31-5;/h6-11,14H,12-13,15-16H2,1-5H3,(H2,24,25,26);1H. The quantitative estimate of drug-likeness (QED) is 0.266. The molecule has 2 aromatic carbocycles. The summed E-state index contributed by atoms with van der Waals surface area (Å²) in [6.45, 7) is 1.20. The highest BCUT2D eigenvalue weighted by molar-refractivity contribution is 14.0. The van der Waals surface area contributed by atoms with E-state index in [4.69, 9.17) is 14.2 Å². The second-order valence-corrected chi connectivity index (χ2v) is 7.01. The molecule has 176 valence electrons. The van der Waals surface area contributed by atoms with Gasteiger partial charge in [-0.2, -0.15) is 0 Å². The molecule has 0 aliphatic rings. The van der Waals surface area contributed by atoms with E-state index in [9.17, 15) is 4.79 Å². The molecule has 32 heavy (non-hydrogen) atoms. The van der Waals surface area contributed by atoms with Crippen molar-refractivity contribution in [1.29, 1.82) is 0 Å². The number of rotatable bonds is 10. The average molecular weight is 556 g/mol. The minimum Gasteiger partial charge on any atom is -0.497 e. The van der Waals surface area contributed by atoms with Crippen LogP contribution in [0.1, 0.15) is 11.1 Å². The molecule has 0 unspecified atom stereocenters. The smallest absolute Gasteiger partial charge is 0.241 e. The van der Waals surface area contributed by atoms with Crippen LogP contribution in [0.3, 0.4) is 0 Å². The van der Waals surface area contributed by atoms with Crippen LogP contribution >= 0.6 is 24.0 Å². The number of halogens is 1. The number of carbonyl (C=O) groups is 1. The highest BCUT2D eigenvalue weighted by Crippen LogP contribution is 2.25. The van der Waals surface area contributed by atoms with Crippen molar-refractivity contribution in [3.05, 3.63) is 53.6 Å². The van der Waals surface area contributed by atoms with Crippen molar-refractivity contribution < 1.29 is 19.0 Å². The van der Waals surface area contributed by atoms with Crippen LogP contribution in [0.4, 0.5) is 0 Å². The summed E-state index contributed by atoms with van der Waals surface area (Å²) in [6.07, 6.45) is 0.804. The summed E-state index contributed by atoms with van der Waals surface area (Å²) in [5, 5.41) is 6.39. The maximum atomic E-state index is 12.0. The van der Waals surface area contributed by atoms with E-state index >= 15 is 0 Å². The first-order valence-electron chi connectivity index (χ1n) is 10.0. The Morgan fingerprint density at radius 1 is 0.938 bits per heavy atom. The average Bonchev–Trinajstić information content (AvgIpc) is 2.80. The molecule has 9 heteroatoms. The van der Waals surface area contributed by atoms with Gasteiger partial charge in [0.2, 0.25) is 5.91 Å². The molecule has 0 aliphatic heterocycles. The van der Waals surface area contributed by atoms with Crippen LogP contribution in [0.25, 0.3) is 0 Å². The van der Waals surface area contributed by atoms with E-state index in [0.717, 1.165) is 23.5 Å². The van der Waals surface area contributed by atoms with Gasteiger partial charge in [-0.3, -0.25) is 4.79 Å². The molecule has 0 radical (unpaired) electrons. The van der Waals surface area contributed by atoms with Crippen molar-refractivity contribution in [2.24, 2.45) is 4.99 Å². The third-order valence-electron chi connectivity index (χ3n) is 4.67. The number of aliphatic imine (C=N–C) groups is 1. The van der Waals surface area contributed by atoms with Gasteiger partial charge in [-0.15, -0.1) is 24.0 Å². The first-order valence-corrected chi connectivity index (χ1v) is 10.0. The summed E-state index contributed by atoms with van der Waals surface area (Å²) in [5.41, 5.74) is 2.09. The number of guanidine groups is 1. The number of likely N-dealkylation sites (N-methyl/N-ethyl adjacent to an activating group) is 1. The molecular formula is C23H33IN4O4. The number of hydrogen-bond acceptors (Lipinski definition) is 5. The fourth-order valence-corrected chi connectivity index (χ4v) is 2.76. The summed E-state index contributed by atoms with van der Waals surface area (Å²) >= 11 is 0. The van der Waals surface area contributed by atoms with Gasteiger partial charge in [-0.05, 0) is 36.2 Å². The number of nitrogens with zero attached hydrogens (tertiary/aromatic N) is 2. The SMILES string of the molecule is COc1ccc(CCNC(=NCc2ccc(OC)cc2OC)NCC(=O)N(C)C)cc1.I. The topological polar surface area (TPSA) is 84.4 Å². The van der Waals surface area contributed by atoms with Crippen LogP contribution in [0.2, 0.25) is 0 Å². The van der Waals surface area contributed by atoms with Crippen molar-refractivity contribution in [1.82, 2.24) is 15.5 Å². The second kappa shape index (κ2) is 14.4. The van der Waals surface area contributed by atoms with Gasteiger partial charge in [0.05, 0.1) is 34.4 Å². The maximum Gasteiger partial charge on any atom is 0.241 e. The Morgan fingerprint density at radius 2 is 1.59 bits per heavy atom. The van der Waals surface area contributed by atoms with E-state index in [1.54, 1.807) is 35.4 Å². The molecule has 0 spiro atoms. The zero-order valence-corrected chi connectivity index (χ0v) is 21.6. The number of amides is 1. The number of methoxy groups -OCH3 is 3. The summed E-state index contributed by atoms with van der Waals surface area (Å²) in [5.74, 6) is 2.77. The first kappa shape index (κ1) is 27.3. The molecule has 2 N–H and O–H groups in total. The highest BCUT2D eigenvalue weighted by Gasteiger charge is 2.08. The predicted octanol–water partition coefficient (Wildman–Crippen LogP) is 2.70. The monoisotopic (exact) mass is 556 g/mol. The van der Waals surface area contributed by atoms with Gasteiger partial charge in [-0.25, -0.2) is 4.99 Å². The Bertz CT molecular complexity index is 873. The lowest BCUT2D eigenvalue weighted by atomic mass is 10.1. The summed E-state index contributed by atoms with van der Waals surface area (Å²) in [6, 6.07) is 13.5. The molecule has 0 bridgehead atoms. The molecule has 8 nitrogen and oxygen atoms in total. The lowest BCUT2D eigenvalue weighted by Crippen LogP contribution is -2.43. The minimum atomic E-state index is -0.0355. The number of nitrogens with one attached hydrogen (secondary N) is 2. The van der Waals surface area contributed by atoms with Crippen molar-refractivity contribution >= 4 is 35.8 Å². The summed E-state index contributed by atoms with van der Waals surface area (Å²) in [4.78, 5) is 18.2. The first-order chi connectivity index (χ1) is 15.0. The molecule has 2 aromatic rings. The molecule has 0 heterocycles. The third-order valence-corrected chi connectivity index (χ3v) is 4.67. The Morgan fingerprint density at radius 3 is 2.19 bits per heavy atom. The predicted molar refractivity (Wildman–Crippen MR) is 137 cm³/mol. The van der Waals surface area contributed by atoms with Crippen LogP contribution in [-0.4, -0.2) is 65.3 Å². The molecule has 0 fully saturated rings. The number of carbonyl (C=O) groups excluding carboxylic acids is 1. The number of ether oxygens (including phenoxy) is 3. The Kier molecular flexibility index (Phi) is 12.3. The van der Waals surface area contributed by atoms with E-state index in [1.807, 2.05) is 42.5 Å². The molecule has 0 aliphatic carbocycles. The zero-order chi connectivity index (χ0) is 22.6. The van der Waals surface area contributed by atoms with Gasteiger partial charge in [0.15, 0.2) is 5.96 Å². The van der Waals surface area contributed by atoms with E-state index in [0.29, 0.717) is 24.8 Å². The lowest BCUT2D eigenvalue weighted by molar-refractivity contribution is -0.127. The Balaban J connectivity index is 0.00000512. The van der Waals surface area contributed by atoms with Gasteiger partial charge in [0.25, 0.3) is 0 Å². The van der Waals surface area contributed by atoms with Gasteiger partial charge < -0.3 is 29.7 Å². The zero-order valence-electron chi connectivity index (χ0n) is 19.3. The van der Waals surface area contributed by atoms with Crippen LogP contribution in [0.5, 0.6) is 17.2 Å². The molecule has 0 saturated heterocycles. The van der Waals surface area contributed by atoms with Crippen LogP contribution < -0.4 is 24.8 Å². The van der Waals surface area contributed by atoms with Crippen LogP contribution in [-0.2, 0) is 17.8 Å². The largest absolute Gasteiger partial charge is 0.497 e. The molecular weight excluding hydrogens is 523 g/mol. The van der Waals surface area contributed by atoms with Crippen molar-refractivity contribution in [2.75, 3.05) is 48.5 Å². The van der Waals surface area contributed by atoms with E-state index in [2.05, 4.69) is 15.6 Å². The fourth-order valence-electron chi connectivity index (χ4n) is 2.76. The fraction of sp³-hybridized carbons (Fsp3) is 0.391. The lowest BCUT2D eigenvalue weighted by Gasteiger charge is -2.15. The minimum absolute atomic E-state index is 0. The summed E-state index contributed by atoms with van der Waals surface area (Å²) in [7, 11) is 8.32. The Hall–Kier alpha value is -2.69. The van der Waals surface area contributed by atoms with Crippen molar-refractivity contribution in [2.45, 2.75) is 13.0 Å². The number of hydrogen-bond donors (Lipinski definition) is 2. The van der Waals surface area contributed by atoms with Crippen LogP contribution in [0.15, 0.2) is 47.5 Å². The van der Waals surface area contributed by atoms with Crippen molar-refractivity contribution in [3.63, 3.8) is 0 Å². The Labute approximate surface area is 207 Å². The molecule has 2 rings (SSSR count). The maximum absolute atomic E-state index is 12.0. The third kappa shape index (κ3) is 8.81. The van der Waals surface area contributed by atoms with Gasteiger partial charge in [0, 0.05) is 32.3 Å². The van der Waals surface area contributed by atoms with E-state index < -0.39 is 0 Å². The molecule has 0 atom stereocenters. The van der Waals surface area contributed by atoms with Gasteiger partial charge in [0.1, 0.15) is 17.2 Å². The van der Waals surface area contributed by atoms with E-state index in [-0.39, 0.29) is 36.4 Å². The van der Waals surface area contributed by atoms with Crippen molar-refractivity contribution in [3.8, 4) is 17.2 Å². The second-order valence-electron chi connectivity index (χ2n) is 7.01. The number of benzene rings is 2. The van der Waals surface area contributed by atoms with E-state index in [1.165, 1.54) is 10.5 Å². The van der Waals surface area contributed by atoms with Gasteiger partial charge in [-0.1, -0.05) is 12.1 Å². The molecule has 1 amide bonds.